The maximum atomic E-state index is 5.44. The second-order valence-electron chi connectivity index (χ2n) is 5.11. The molecule has 3 aromatic rings. The topological polar surface area (TPSA) is 51.0 Å². The lowest BCUT2D eigenvalue weighted by molar-refractivity contribution is 0.479. The Kier molecular flexibility index (Phi) is 3.44. The predicted octanol–water partition coefficient (Wildman–Crippen LogP) is 4.33. The number of benzene rings is 1. The molecule has 0 radical (unpaired) electrons. The molecule has 2 heterocycles. The highest BCUT2D eigenvalue weighted by Gasteiger charge is 2.08. The SMILES string of the molecule is Cc1cnc(CNc2ccc3nc(C(C)C)sc3c2)o1. The van der Waals surface area contributed by atoms with Crippen LogP contribution in [-0.4, -0.2) is 9.97 Å². The van der Waals surface area contributed by atoms with E-state index in [0.717, 1.165) is 17.0 Å². The maximum absolute atomic E-state index is 5.44. The quantitative estimate of drug-likeness (QED) is 0.776. The van der Waals surface area contributed by atoms with Crippen molar-refractivity contribution in [1.29, 1.82) is 0 Å². The van der Waals surface area contributed by atoms with Gasteiger partial charge in [-0.3, -0.25) is 0 Å². The summed E-state index contributed by atoms with van der Waals surface area (Å²) in [4.78, 5) is 8.82. The zero-order chi connectivity index (χ0) is 14.1. The molecule has 0 fully saturated rings. The van der Waals surface area contributed by atoms with Crippen LogP contribution in [0.4, 0.5) is 5.69 Å². The summed E-state index contributed by atoms with van der Waals surface area (Å²) >= 11 is 1.76. The van der Waals surface area contributed by atoms with E-state index in [-0.39, 0.29) is 0 Å². The Morgan fingerprint density at radius 2 is 2.20 bits per heavy atom. The molecular weight excluding hydrogens is 270 g/mol. The summed E-state index contributed by atoms with van der Waals surface area (Å²) in [7, 11) is 0. The summed E-state index contributed by atoms with van der Waals surface area (Å²) < 4.78 is 6.66. The average molecular weight is 287 g/mol. The average Bonchev–Trinajstić information content (AvgIpc) is 3.01. The fourth-order valence-electron chi connectivity index (χ4n) is 1.96. The Labute approximate surface area is 121 Å². The van der Waals surface area contributed by atoms with Crippen LogP contribution in [-0.2, 0) is 6.54 Å². The van der Waals surface area contributed by atoms with Gasteiger partial charge in [-0.05, 0) is 25.1 Å². The molecule has 20 heavy (non-hydrogen) atoms. The second-order valence-corrected chi connectivity index (χ2v) is 6.17. The van der Waals surface area contributed by atoms with Crippen LogP contribution in [0.1, 0.15) is 36.4 Å². The highest BCUT2D eigenvalue weighted by atomic mass is 32.1. The van der Waals surface area contributed by atoms with Gasteiger partial charge in [0.05, 0.1) is 28.0 Å². The van der Waals surface area contributed by atoms with Crippen molar-refractivity contribution in [3.63, 3.8) is 0 Å². The number of rotatable bonds is 4. The molecule has 5 heteroatoms. The standard InChI is InChI=1S/C15H17N3OS/c1-9(2)15-18-12-5-4-11(6-13(12)20-15)16-8-14-17-7-10(3)19-14/h4-7,9,16H,8H2,1-3H3. The molecule has 0 aliphatic rings. The number of aromatic nitrogens is 2. The molecule has 1 N–H and O–H groups in total. The minimum Gasteiger partial charge on any atom is -0.444 e. The molecule has 1 aromatic carbocycles. The van der Waals surface area contributed by atoms with Crippen molar-refractivity contribution in [1.82, 2.24) is 9.97 Å². The third-order valence-electron chi connectivity index (χ3n) is 3.01. The number of anilines is 1. The summed E-state index contributed by atoms with van der Waals surface area (Å²) in [5.74, 6) is 2.01. The number of hydrogen-bond acceptors (Lipinski definition) is 5. The molecule has 0 saturated carbocycles. The van der Waals surface area contributed by atoms with Crippen molar-refractivity contribution < 1.29 is 4.42 Å². The van der Waals surface area contributed by atoms with E-state index in [0.29, 0.717) is 18.4 Å². The first-order valence-electron chi connectivity index (χ1n) is 6.67. The van der Waals surface area contributed by atoms with Gasteiger partial charge in [0.2, 0.25) is 5.89 Å². The molecule has 0 aliphatic carbocycles. The van der Waals surface area contributed by atoms with Crippen molar-refractivity contribution in [3.8, 4) is 0 Å². The summed E-state index contributed by atoms with van der Waals surface area (Å²) in [5.41, 5.74) is 2.13. The number of nitrogens with zero attached hydrogens (tertiary/aromatic N) is 2. The maximum Gasteiger partial charge on any atom is 0.213 e. The minimum absolute atomic E-state index is 0.471. The van der Waals surface area contributed by atoms with E-state index in [1.54, 1.807) is 17.5 Å². The molecule has 0 amide bonds. The van der Waals surface area contributed by atoms with Gasteiger partial charge in [0, 0.05) is 11.6 Å². The van der Waals surface area contributed by atoms with E-state index in [2.05, 4.69) is 41.3 Å². The molecule has 0 saturated heterocycles. The molecule has 0 atom stereocenters. The highest BCUT2D eigenvalue weighted by Crippen LogP contribution is 2.29. The number of nitrogens with one attached hydrogen (secondary N) is 1. The van der Waals surface area contributed by atoms with E-state index in [1.165, 1.54) is 9.71 Å². The molecular formula is C15H17N3OS. The van der Waals surface area contributed by atoms with Crippen LogP contribution in [0.25, 0.3) is 10.2 Å². The van der Waals surface area contributed by atoms with Crippen molar-refractivity contribution in [2.24, 2.45) is 0 Å². The monoisotopic (exact) mass is 287 g/mol. The van der Waals surface area contributed by atoms with Crippen molar-refractivity contribution in [3.05, 3.63) is 41.1 Å². The van der Waals surface area contributed by atoms with Gasteiger partial charge in [-0.15, -0.1) is 11.3 Å². The largest absolute Gasteiger partial charge is 0.444 e. The summed E-state index contributed by atoms with van der Waals surface area (Å²) in [5, 5.41) is 4.51. The number of oxazole rings is 1. The Hall–Kier alpha value is -1.88. The number of aryl methyl sites for hydroxylation is 1. The minimum atomic E-state index is 0.471. The molecule has 0 aliphatic heterocycles. The van der Waals surface area contributed by atoms with E-state index >= 15 is 0 Å². The Balaban J connectivity index is 1.78. The molecule has 2 aromatic heterocycles. The lowest BCUT2D eigenvalue weighted by Crippen LogP contribution is -1.98. The lowest BCUT2D eigenvalue weighted by atomic mass is 10.2. The smallest absolute Gasteiger partial charge is 0.213 e. The van der Waals surface area contributed by atoms with Crippen LogP contribution in [0.5, 0.6) is 0 Å². The van der Waals surface area contributed by atoms with Gasteiger partial charge in [-0.2, -0.15) is 0 Å². The first-order valence-corrected chi connectivity index (χ1v) is 7.49. The summed E-state index contributed by atoms with van der Waals surface area (Å²) in [6.07, 6.45) is 1.73. The lowest BCUT2D eigenvalue weighted by Gasteiger charge is -2.03. The Morgan fingerprint density at radius 3 is 2.90 bits per heavy atom. The van der Waals surface area contributed by atoms with Gasteiger partial charge in [-0.1, -0.05) is 13.8 Å². The van der Waals surface area contributed by atoms with E-state index in [4.69, 9.17) is 4.42 Å². The fraction of sp³-hybridized carbons (Fsp3) is 0.333. The van der Waals surface area contributed by atoms with E-state index < -0.39 is 0 Å². The third-order valence-corrected chi connectivity index (χ3v) is 4.33. The van der Waals surface area contributed by atoms with Crippen LogP contribution in [0.2, 0.25) is 0 Å². The van der Waals surface area contributed by atoms with Crippen molar-refractivity contribution in [2.75, 3.05) is 5.32 Å². The first kappa shape index (κ1) is 13.1. The van der Waals surface area contributed by atoms with E-state index in [9.17, 15) is 0 Å². The second kappa shape index (κ2) is 5.25. The van der Waals surface area contributed by atoms with Crippen LogP contribution in [0, 0.1) is 6.92 Å². The van der Waals surface area contributed by atoms with Gasteiger partial charge in [-0.25, -0.2) is 9.97 Å². The predicted molar refractivity (Wildman–Crippen MR) is 82.3 cm³/mol. The Bertz CT molecular complexity index is 730. The molecule has 4 nitrogen and oxygen atoms in total. The number of thiazole rings is 1. The molecule has 0 spiro atoms. The van der Waals surface area contributed by atoms with Crippen LogP contribution >= 0.6 is 11.3 Å². The van der Waals surface area contributed by atoms with Crippen molar-refractivity contribution in [2.45, 2.75) is 33.2 Å². The molecule has 0 unspecified atom stereocenters. The van der Waals surface area contributed by atoms with E-state index in [1.807, 2.05) is 13.0 Å². The number of fused-ring (bicyclic) bond motifs is 1. The zero-order valence-corrected chi connectivity index (χ0v) is 12.6. The van der Waals surface area contributed by atoms with Crippen LogP contribution < -0.4 is 5.32 Å². The first-order chi connectivity index (χ1) is 9.61. The fourth-order valence-corrected chi connectivity index (χ4v) is 2.97. The molecule has 3 rings (SSSR count). The number of hydrogen-bond donors (Lipinski definition) is 1. The molecule has 0 bridgehead atoms. The normalized spacial score (nSPS) is 11.4. The van der Waals surface area contributed by atoms with Gasteiger partial charge in [0.15, 0.2) is 0 Å². The zero-order valence-electron chi connectivity index (χ0n) is 11.8. The van der Waals surface area contributed by atoms with Gasteiger partial charge < -0.3 is 9.73 Å². The van der Waals surface area contributed by atoms with Crippen LogP contribution in [0.3, 0.4) is 0 Å². The summed E-state index contributed by atoms with van der Waals surface area (Å²) in [6, 6.07) is 6.23. The van der Waals surface area contributed by atoms with Gasteiger partial charge >= 0.3 is 0 Å². The summed E-state index contributed by atoms with van der Waals surface area (Å²) in [6.45, 7) is 6.83. The van der Waals surface area contributed by atoms with Crippen LogP contribution in [0.15, 0.2) is 28.8 Å². The molecule has 104 valence electrons. The van der Waals surface area contributed by atoms with Gasteiger partial charge in [0.1, 0.15) is 5.76 Å². The third kappa shape index (κ3) is 2.67. The van der Waals surface area contributed by atoms with Crippen molar-refractivity contribution >= 4 is 27.2 Å². The highest BCUT2D eigenvalue weighted by molar-refractivity contribution is 7.18. The Morgan fingerprint density at radius 1 is 1.35 bits per heavy atom. The van der Waals surface area contributed by atoms with Gasteiger partial charge in [0.25, 0.3) is 0 Å².